The summed E-state index contributed by atoms with van der Waals surface area (Å²) in [4.78, 5) is 39.6. The SMILES string of the molecule is Cc1ccc2c(c1)c(=O)n(-c1cccc(C)c1C)c(=O)n2[C@H](C)C(=O)NC1CC1. The molecule has 1 amide bonds. The molecule has 1 aliphatic carbocycles. The van der Waals surface area contributed by atoms with Crippen molar-refractivity contribution >= 4 is 16.8 Å². The van der Waals surface area contributed by atoms with Gasteiger partial charge in [0.2, 0.25) is 5.91 Å². The first-order valence-corrected chi connectivity index (χ1v) is 9.94. The van der Waals surface area contributed by atoms with Gasteiger partial charge in [-0.05, 0) is 69.9 Å². The largest absolute Gasteiger partial charge is 0.352 e. The molecule has 150 valence electrons. The fourth-order valence-corrected chi connectivity index (χ4v) is 3.68. The van der Waals surface area contributed by atoms with Crippen LogP contribution in [0.15, 0.2) is 46.0 Å². The smallest absolute Gasteiger partial charge is 0.336 e. The van der Waals surface area contributed by atoms with E-state index in [9.17, 15) is 14.4 Å². The third kappa shape index (κ3) is 3.28. The fraction of sp³-hybridized carbons (Fsp3) is 0.348. The highest BCUT2D eigenvalue weighted by Gasteiger charge is 2.28. The van der Waals surface area contributed by atoms with Gasteiger partial charge < -0.3 is 5.32 Å². The van der Waals surface area contributed by atoms with Crippen LogP contribution in [0.25, 0.3) is 16.6 Å². The van der Waals surface area contributed by atoms with Crippen LogP contribution in [-0.4, -0.2) is 21.1 Å². The van der Waals surface area contributed by atoms with Crippen LogP contribution >= 0.6 is 0 Å². The average molecular weight is 391 g/mol. The Labute approximate surface area is 168 Å². The number of carbonyl (C=O) groups is 1. The first-order chi connectivity index (χ1) is 13.8. The minimum atomic E-state index is -0.731. The van der Waals surface area contributed by atoms with Gasteiger partial charge in [0.25, 0.3) is 5.56 Å². The summed E-state index contributed by atoms with van der Waals surface area (Å²) in [6.45, 7) is 7.44. The van der Waals surface area contributed by atoms with Crippen molar-refractivity contribution in [3.63, 3.8) is 0 Å². The number of nitrogens with one attached hydrogen (secondary N) is 1. The number of aryl methyl sites for hydroxylation is 2. The standard InChI is InChI=1S/C23H25N3O3/c1-13-8-11-20-18(12-13)22(28)26(19-7-5-6-14(2)15(19)3)23(29)25(20)16(4)21(27)24-17-9-10-17/h5-8,11-12,16-17H,9-10H2,1-4H3,(H,24,27)/t16-/m1/s1. The Hall–Kier alpha value is -3.15. The number of amides is 1. The van der Waals surface area contributed by atoms with Crippen molar-refractivity contribution in [1.82, 2.24) is 14.5 Å². The van der Waals surface area contributed by atoms with E-state index in [2.05, 4.69) is 5.32 Å². The molecule has 1 atom stereocenters. The van der Waals surface area contributed by atoms with E-state index in [0.717, 1.165) is 29.5 Å². The van der Waals surface area contributed by atoms with Crippen LogP contribution in [0.5, 0.6) is 0 Å². The Bertz CT molecular complexity index is 1250. The van der Waals surface area contributed by atoms with Gasteiger partial charge in [-0.25, -0.2) is 9.36 Å². The van der Waals surface area contributed by atoms with Gasteiger partial charge in [-0.3, -0.25) is 14.2 Å². The van der Waals surface area contributed by atoms with Crippen molar-refractivity contribution in [3.8, 4) is 5.69 Å². The van der Waals surface area contributed by atoms with Gasteiger partial charge >= 0.3 is 5.69 Å². The summed E-state index contributed by atoms with van der Waals surface area (Å²) in [6, 6.07) is 10.4. The maximum absolute atomic E-state index is 13.5. The molecule has 0 spiro atoms. The Morgan fingerprint density at radius 1 is 1.10 bits per heavy atom. The van der Waals surface area contributed by atoms with Gasteiger partial charge in [0.15, 0.2) is 0 Å². The third-order valence-electron chi connectivity index (χ3n) is 5.75. The molecule has 2 aromatic carbocycles. The number of hydrogen-bond acceptors (Lipinski definition) is 3. The number of rotatable bonds is 4. The van der Waals surface area contributed by atoms with Gasteiger partial charge in [-0.15, -0.1) is 0 Å². The highest BCUT2D eigenvalue weighted by molar-refractivity contribution is 5.85. The summed E-state index contributed by atoms with van der Waals surface area (Å²) < 4.78 is 2.64. The molecule has 0 radical (unpaired) electrons. The lowest BCUT2D eigenvalue weighted by Crippen LogP contribution is -2.44. The zero-order valence-electron chi connectivity index (χ0n) is 17.2. The molecule has 0 bridgehead atoms. The van der Waals surface area contributed by atoms with Crippen LogP contribution in [-0.2, 0) is 4.79 Å². The van der Waals surface area contributed by atoms with E-state index in [1.54, 1.807) is 25.1 Å². The molecular weight excluding hydrogens is 366 g/mol. The minimum Gasteiger partial charge on any atom is -0.352 e. The number of carbonyl (C=O) groups excluding carboxylic acids is 1. The number of nitrogens with zero attached hydrogens (tertiary/aromatic N) is 2. The monoisotopic (exact) mass is 391 g/mol. The van der Waals surface area contributed by atoms with Gasteiger partial charge in [-0.1, -0.05) is 23.8 Å². The molecule has 3 aromatic rings. The molecule has 6 nitrogen and oxygen atoms in total. The lowest BCUT2D eigenvalue weighted by atomic mass is 10.1. The molecule has 1 N–H and O–H groups in total. The molecule has 4 rings (SSSR count). The molecule has 0 aliphatic heterocycles. The topological polar surface area (TPSA) is 73.1 Å². The maximum Gasteiger partial charge on any atom is 0.336 e. The zero-order valence-corrected chi connectivity index (χ0v) is 17.2. The number of fused-ring (bicyclic) bond motifs is 1. The van der Waals surface area contributed by atoms with E-state index in [0.29, 0.717) is 16.6 Å². The molecule has 1 fully saturated rings. The van der Waals surface area contributed by atoms with E-state index >= 15 is 0 Å². The predicted molar refractivity (Wildman–Crippen MR) is 114 cm³/mol. The Morgan fingerprint density at radius 2 is 1.83 bits per heavy atom. The molecule has 0 saturated heterocycles. The first-order valence-electron chi connectivity index (χ1n) is 9.94. The summed E-state index contributed by atoms with van der Waals surface area (Å²) in [5.74, 6) is -0.206. The third-order valence-corrected chi connectivity index (χ3v) is 5.75. The van der Waals surface area contributed by atoms with Crippen LogP contribution < -0.4 is 16.6 Å². The zero-order chi connectivity index (χ0) is 20.9. The Kier molecular flexibility index (Phi) is 4.65. The van der Waals surface area contributed by atoms with Crippen LogP contribution in [0.3, 0.4) is 0 Å². The average Bonchev–Trinajstić information content (AvgIpc) is 3.49. The molecule has 1 saturated carbocycles. The van der Waals surface area contributed by atoms with Crippen LogP contribution in [0, 0.1) is 20.8 Å². The van der Waals surface area contributed by atoms with Crippen molar-refractivity contribution in [2.75, 3.05) is 0 Å². The highest BCUT2D eigenvalue weighted by atomic mass is 16.2. The van der Waals surface area contributed by atoms with E-state index in [-0.39, 0.29) is 17.5 Å². The van der Waals surface area contributed by atoms with Crippen molar-refractivity contribution in [3.05, 3.63) is 73.9 Å². The fourth-order valence-electron chi connectivity index (χ4n) is 3.68. The Balaban J connectivity index is 2.04. The molecule has 0 unspecified atom stereocenters. The highest BCUT2D eigenvalue weighted by Crippen LogP contribution is 2.22. The van der Waals surface area contributed by atoms with E-state index in [1.165, 1.54) is 9.13 Å². The number of aromatic nitrogens is 2. The van der Waals surface area contributed by atoms with Gasteiger partial charge in [-0.2, -0.15) is 0 Å². The number of hydrogen-bond donors (Lipinski definition) is 1. The lowest BCUT2D eigenvalue weighted by Gasteiger charge is -2.20. The molecule has 1 aromatic heterocycles. The quantitative estimate of drug-likeness (QED) is 0.743. The molecule has 29 heavy (non-hydrogen) atoms. The summed E-state index contributed by atoms with van der Waals surface area (Å²) in [5, 5.41) is 3.39. The minimum absolute atomic E-state index is 0.194. The van der Waals surface area contributed by atoms with Crippen LogP contribution in [0.2, 0.25) is 0 Å². The normalized spacial score (nSPS) is 14.8. The second-order valence-electron chi connectivity index (χ2n) is 7.99. The van der Waals surface area contributed by atoms with Crippen LogP contribution in [0.1, 0.15) is 42.5 Å². The predicted octanol–water partition coefficient (Wildman–Crippen LogP) is 2.92. The van der Waals surface area contributed by atoms with Gasteiger partial charge in [0, 0.05) is 6.04 Å². The molecule has 1 heterocycles. The lowest BCUT2D eigenvalue weighted by molar-refractivity contribution is -0.124. The van der Waals surface area contributed by atoms with Crippen molar-refractivity contribution in [2.24, 2.45) is 0 Å². The maximum atomic E-state index is 13.5. The number of benzene rings is 2. The van der Waals surface area contributed by atoms with Crippen LogP contribution in [0.4, 0.5) is 0 Å². The molecule has 6 heteroatoms. The van der Waals surface area contributed by atoms with Crippen molar-refractivity contribution in [1.29, 1.82) is 0 Å². The second kappa shape index (κ2) is 7.03. The Morgan fingerprint density at radius 3 is 2.52 bits per heavy atom. The summed E-state index contributed by atoms with van der Waals surface area (Å²) in [5.41, 5.74) is 2.93. The summed E-state index contributed by atoms with van der Waals surface area (Å²) in [6.07, 6.45) is 1.94. The van der Waals surface area contributed by atoms with Gasteiger partial charge in [0.1, 0.15) is 6.04 Å². The van der Waals surface area contributed by atoms with Crippen molar-refractivity contribution in [2.45, 2.75) is 52.6 Å². The van der Waals surface area contributed by atoms with Crippen molar-refractivity contribution < 1.29 is 4.79 Å². The second-order valence-corrected chi connectivity index (χ2v) is 7.99. The van der Waals surface area contributed by atoms with Gasteiger partial charge in [0.05, 0.1) is 16.6 Å². The van der Waals surface area contributed by atoms with E-state index < -0.39 is 11.7 Å². The van der Waals surface area contributed by atoms with E-state index in [4.69, 9.17) is 0 Å². The first kappa shape index (κ1) is 19.2. The molecular formula is C23H25N3O3. The summed E-state index contributed by atoms with van der Waals surface area (Å²) >= 11 is 0. The molecule has 1 aliphatic rings. The van der Waals surface area contributed by atoms with E-state index in [1.807, 2.05) is 39.0 Å². The summed E-state index contributed by atoms with van der Waals surface area (Å²) in [7, 11) is 0.